The number of likely N-dealkylation sites (N-methyl/N-ethyl adjacent to an activating group) is 1. The number of para-hydroxylation sites is 1. The van der Waals surface area contributed by atoms with Crippen LogP contribution in [0.25, 0.3) is 0 Å². The van der Waals surface area contributed by atoms with Gasteiger partial charge in [0.2, 0.25) is 0 Å². The highest BCUT2D eigenvalue weighted by atomic mass is 35.5. The monoisotopic (exact) mass is 455 g/mol. The standard InChI is InChI=1S/C26H34ClN3S/c1-18(2)13-21(29-4)17-30(22-10-6-5-7-11-22)26-16-25(27)24(14-19(26)3)20-9-8-12-23(15-20)31-28/h5-8,10-12,14-16,18,20-21,29H,9,13,17,28H2,1-4H3/t20?,21-/m1/s1. The maximum atomic E-state index is 6.88. The molecule has 0 bridgehead atoms. The molecule has 2 aromatic carbocycles. The van der Waals surface area contributed by atoms with E-state index in [0.29, 0.717) is 12.0 Å². The highest BCUT2D eigenvalue weighted by molar-refractivity contribution is 8.01. The van der Waals surface area contributed by atoms with E-state index in [0.717, 1.165) is 35.0 Å². The first-order chi connectivity index (χ1) is 14.9. The highest BCUT2D eigenvalue weighted by Gasteiger charge is 2.21. The average Bonchev–Trinajstić information content (AvgIpc) is 2.78. The number of allylic oxidation sites excluding steroid dienone is 3. The predicted octanol–water partition coefficient (Wildman–Crippen LogP) is 6.95. The number of benzene rings is 2. The van der Waals surface area contributed by atoms with Crippen LogP contribution in [-0.4, -0.2) is 19.6 Å². The smallest absolute Gasteiger partial charge is 0.0465 e. The van der Waals surface area contributed by atoms with Gasteiger partial charge in [-0.3, -0.25) is 5.14 Å². The first-order valence-corrected chi connectivity index (χ1v) is 12.2. The Morgan fingerprint density at radius 3 is 2.61 bits per heavy atom. The van der Waals surface area contributed by atoms with Crippen LogP contribution < -0.4 is 15.4 Å². The van der Waals surface area contributed by atoms with Crippen LogP contribution in [0.2, 0.25) is 5.02 Å². The van der Waals surface area contributed by atoms with E-state index in [2.05, 4.69) is 98.7 Å². The molecule has 1 aliphatic rings. The molecule has 0 spiro atoms. The molecule has 0 heterocycles. The van der Waals surface area contributed by atoms with Crippen LogP contribution >= 0.6 is 23.5 Å². The lowest BCUT2D eigenvalue weighted by atomic mass is 9.90. The minimum absolute atomic E-state index is 0.257. The van der Waals surface area contributed by atoms with Gasteiger partial charge in [-0.1, -0.05) is 67.9 Å². The van der Waals surface area contributed by atoms with E-state index < -0.39 is 0 Å². The molecule has 31 heavy (non-hydrogen) atoms. The number of halogens is 1. The zero-order valence-corrected chi connectivity index (χ0v) is 20.5. The molecule has 0 fully saturated rings. The van der Waals surface area contributed by atoms with Crippen LogP contribution in [0.4, 0.5) is 11.4 Å². The van der Waals surface area contributed by atoms with E-state index in [1.165, 1.54) is 28.8 Å². The summed E-state index contributed by atoms with van der Waals surface area (Å²) in [5.74, 6) is 0.885. The molecule has 0 aromatic heterocycles. The van der Waals surface area contributed by atoms with Crippen molar-refractivity contribution in [2.75, 3.05) is 18.5 Å². The summed E-state index contributed by atoms with van der Waals surface area (Å²) in [5.41, 5.74) is 4.74. The Hall–Kier alpha value is -1.72. The van der Waals surface area contributed by atoms with Gasteiger partial charge in [0.15, 0.2) is 0 Å². The maximum Gasteiger partial charge on any atom is 0.0465 e. The summed E-state index contributed by atoms with van der Waals surface area (Å²) in [6, 6.07) is 15.4. The average molecular weight is 456 g/mol. The van der Waals surface area contributed by atoms with E-state index in [4.69, 9.17) is 16.7 Å². The molecule has 2 atom stereocenters. The fraction of sp³-hybridized carbons (Fsp3) is 0.385. The Kier molecular flexibility index (Phi) is 8.67. The molecular formula is C26H34ClN3S. The van der Waals surface area contributed by atoms with E-state index in [9.17, 15) is 0 Å². The molecule has 5 heteroatoms. The Morgan fingerprint density at radius 2 is 1.97 bits per heavy atom. The second kappa shape index (κ2) is 11.2. The normalized spacial score (nSPS) is 17.0. The van der Waals surface area contributed by atoms with Crippen molar-refractivity contribution in [1.29, 1.82) is 0 Å². The van der Waals surface area contributed by atoms with Crippen LogP contribution in [0.5, 0.6) is 0 Å². The summed E-state index contributed by atoms with van der Waals surface area (Å²) in [5, 5.41) is 10.1. The Balaban J connectivity index is 1.98. The number of nitrogens with zero attached hydrogens (tertiary/aromatic N) is 1. The lowest BCUT2D eigenvalue weighted by molar-refractivity contribution is 0.447. The maximum absolute atomic E-state index is 6.88. The van der Waals surface area contributed by atoms with Crippen LogP contribution in [0.3, 0.4) is 0 Å². The van der Waals surface area contributed by atoms with Gasteiger partial charge < -0.3 is 10.2 Å². The van der Waals surface area contributed by atoms with E-state index >= 15 is 0 Å². The first-order valence-electron chi connectivity index (χ1n) is 11.0. The molecule has 0 saturated heterocycles. The zero-order valence-electron chi connectivity index (χ0n) is 18.9. The van der Waals surface area contributed by atoms with E-state index in [-0.39, 0.29) is 5.92 Å². The lowest BCUT2D eigenvalue weighted by Gasteiger charge is -2.32. The van der Waals surface area contributed by atoms with Crippen LogP contribution in [0.15, 0.2) is 65.6 Å². The molecule has 0 aliphatic heterocycles. The van der Waals surface area contributed by atoms with Gasteiger partial charge in [0.25, 0.3) is 0 Å². The summed E-state index contributed by atoms with van der Waals surface area (Å²) in [6.07, 6.45) is 8.55. The van der Waals surface area contributed by atoms with Crippen molar-refractivity contribution >= 4 is 34.9 Å². The van der Waals surface area contributed by atoms with Gasteiger partial charge in [0.1, 0.15) is 0 Å². The topological polar surface area (TPSA) is 41.3 Å². The van der Waals surface area contributed by atoms with Gasteiger partial charge in [-0.2, -0.15) is 0 Å². The van der Waals surface area contributed by atoms with Crippen molar-refractivity contribution in [1.82, 2.24) is 5.32 Å². The van der Waals surface area contributed by atoms with E-state index in [1.807, 2.05) is 0 Å². The molecule has 3 nitrogen and oxygen atoms in total. The number of anilines is 2. The third-order valence-corrected chi connectivity index (χ3v) is 6.69. The summed E-state index contributed by atoms with van der Waals surface area (Å²) < 4.78 is 0. The van der Waals surface area contributed by atoms with Crippen molar-refractivity contribution in [3.8, 4) is 0 Å². The Morgan fingerprint density at radius 1 is 1.23 bits per heavy atom. The van der Waals surface area contributed by atoms with Crippen molar-refractivity contribution in [2.45, 2.75) is 45.6 Å². The fourth-order valence-electron chi connectivity index (χ4n) is 4.24. The number of aryl methyl sites for hydroxylation is 1. The van der Waals surface area contributed by atoms with Crippen molar-refractivity contribution in [2.24, 2.45) is 11.1 Å². The molecule has 2 aromatic rings. The fourth-order valence-corrected chi connectivity index (χ4v) is 4.96. The minimum atomic E-state index is 0.257. The van der Waals surface area contributed by atoms with Gasteiger partial charge in [-0.25, -0.2) is 0 Å². The summed E-state index contributed by atoms with van der Waals surface area (Å²) in [4.78, 5) is 3.48. The van der Waals surface area contributed by atoms with Gasteiger partial charge in [-0.15, -0.1) is 0 Å². The molecule has 3 N–H and O–H groups in total. The van der Waals surface area contributed by atoms with Crippen molar-refractivity contribution < 1.29 is 0 Å². The third kappa shape index (κ3) is 6.17. The van der Waals surface area contributed by atoms with Crippen molar-refractivity contribution in [3.05, 3.63) is 81.7 Å². The number of nitrogens with one attached hydrogen (secondary N) is 1. The second-order valence-corrected chi connectivity index (χ2v) is 9.77. The molecule has 166 valence electrons. The van der Waals surface area contributed by atoms with Gasteiger partial charge in [0, 0.05) is 39.8 Å². The number of rotatable bonds is 9. The molecular weight excluding hydrogens is 422 g/mol. The summed E-state index contributed by atoms with van der Waals surface area (Å²) in [7, 11) is 2.05. The third-order valence-electron chi connectivity index (χ3n) is 5.81. The van der Waals surface area contributed by atoms with Crippen LogP contribution in [0.1, 0.15) is 43.7 Å². The van der Waals surface area contributed by atoms with Gasteiger partial charge >= 0.3 is 0 Å². The summed E-state index contributed by atoms with van der Waals surface area (Å²) in [6.45, 7) is 7.61. The van der Waals surface area contributed by atoms with Gasteiger partial charge in [0.05, 0.1) is 0 Å². The largest absolute Gasteiger partial charge is 0.340 e. The predicted molar refractivity (Wildman–Crippen MR) is 138 cm³/mol. The molecule has 0 radical (unpaired) electrons. The van der Waals surface area contributed by atoms with E-state index in [1.54, 1.807) is 0 Å². The van der Waals surface area contributed by atoms with Crippen LogP contribution in [0, 0.1) is 12.8 Å². The number of hydrogen-bond acceptors (Lipinski definition) is 4. The highest BCUT2D eigenvalue weighted by Crippen LogP contribution is 2.39. The second-order valence-electron chi connectivity index (χ2n) is 8.65. The van der Waals surface area contributed by atoms with Gasteiger partial charge in [-0.05, 0) is 74.0 Å². The minimum Gasteiger partial charge on any atom is -0.340 e. The van der Waals surface area contributed by atoms with Crippen LogP contribution in [-0.2, 0) is 0 Å². The zero-order chi connectivity index (χ0) is 22.4. The summed E-state index contributed by atoms with van der Waals surface area (Å²) >= 11 is 8.17. The molecule has 1 aliphatic carbocycles. The molecule has 3 rings (SSSR count). The lowest BCUT2D eigenvalue weighted by Crippen LogP contribution is -2.38. The molecule has 0 saturated carbocycles. The Labute approximate surface area is 196 Å². The Bertz CT molecular complexity index is 924. The van der Waals surface area contributed by atoms with Crippen molar-refractivity contribution in [3.63, 3.8) is 0 Å². The number of nitrogens with two attached hydrogens (primary N) is 1. The number of hydrogen-bond donors (Lipinski definition) is 2. The SMILES string of the molecule is CN[C@H](CC(C)C)CN(c1ccccc1)c1cc(Cl)c(C2C=C(SN)C=CC2)cc1C. The molecule has 0 amide bonds. The molecule has 1 unspecified atom stereocenters. The first kappa shape index (κ1) is 23.9. The quantitative estimate of drug-likeness (QED) is 0.401.